The minimum atomic E-state index is 0. The minimum absolute atomic E-state index is 0. The number of benzene rings is 2. The maximum atomic E-state index is 3.51. The summed E-state index contributed by atoms with van der Waals surface area (Å²) in [7, 11) is 6.24. The predicted octanol–water partition coefficient (Wildman–Crippen LogP) is 1.99. The second-order valence-electron chi connectivity index (χ2n) is 6.28. The van der Waals surface area contributed by atoms with E-state index in [0.29, 0.717) is 0 Å². The van der Waals surface area contributed by atoms with Crippen LogP contribution in [0.1, 0.15) is 5.69 Å². The number of aromatic nitrogens is 1. The second kappa shape index (κ2) is 8.32. The molecule has 130 valence electrons. The summed E-state index contributed by atoms with van der Waals surface area (Å²) in [4.78, 5) is 2.12. The van der Waals surface area contributed by atoms with Gasteiger partial charge in [0.05, 0.1) is 0 Å². The Morgan fingerprint density at radius 3 is 1.92 bits per heavy atom. The fourth-order valence-corrected chi connectivity index (χ4v) is 3.08. The van der Waals surface area contributed by atoms with Gasteiger partial charge < -0.3 is 28.9 Å². The van der Waals surface area contributed by atoms with Gasteiger partial charge in [0, 0.05) is 48.9 Å². The Bertz CT molecular complexity index is 856. The molecule has 0 atom stereocenters. The molecule has 0 radical (unpaired) electrons. The highest BCUT2D eigenvalue weighted by molar-refractivity contribution is 9.10. The molecule has 1 aromatic heterocycles. The first-order valence-corrected chi connectivity index (χ1v) is 8.79. The Kier molecular flexibility index (Phi) is 6.63. The standard InChI is InChI=1S/C21H22BrN2.HI/c1-15-13-18(16-7-11-20(12-8-16)23(2)3)14-21(24(15)4)17-5-9-19(22)10-6-17;/h5-14H,1-4H3;1H/q+1;/p-1. The fraction of sp³-hybridized carbons (Fsp3) is 0.190. The molecular formula is C21H22BrIN2. The van der Waals surface area contributed by atoms with Gasteiger partial charge in [-0.1, -0.05) is 28.1 Å². The number of hydrogen-bond acceptors (Lipinski definition) is 1. The van der Waals surface area contributed by atoms with Gasteiger partial charge in [-0.3, -0.25) is 0 Å². The topological polar surface area (TPSA) is 7.12 Å². The number of hydrogen-bond donors (Lipinski definition) is 0. The van der Waals surface area contributed by atoms with Crippen molar-refractivity contribution in [3.8, 4) is 22.4 Å². The van der Waals surface area contributed by atoms with Crippen molar-refractivity contribution in [1.29, 1.82) is 0 Å². The Balaban J connectivity index is 0.00000225. The highest BCUT2D eigenvalue weighted by atomic mass is 127. The van der Waals surface area contributed by atoms with E-state index in [1.807, 2.05) is 0 Å². The third kappa shape index (κ3) is 4.42. The van der Waals surface area contributed by atoms with Crippen LogP contribution >= 0.6 is 15.9 Å². The lowest BCUT2D eigenvalue weighted by Gasteiger charge is -2.13. The monoisotopic (exact) mass is 508 g/mol. The summed E-state index contributed by atoms with van der Waals surface area (Å²) in [5, 5.41) is 0. The molecule has 25 heavy (non-hydrogen) atoms. The molecule has 2 nitrogen and oxygen atoms in total. The van der Waals surface area contributed by atoms with E-state index in [1.54, 1.807) is 0 Å². The second-order valence-corrected chi connectivity index (χ2v) is 7.19. The average molecular weight is 509 g/mol. The average Bonchev–Trinajstić information content (AvgIpc) is 2.58. The lowest BCUT2D eigenvalue weighted by Crippen LogP contribution is -3.00. The molecule has 0 saturated carbocycles. The quantitative estimate of drug-likeness (QED) is 0.387. The first-order valence-electron chi connectivity index (χ1n) is 8.00. The normalized spacial score (nSPS) is 10.3. The van der Waals surface area contributed by atoms with Crippen molar-refractivity contribution >= 4 is 21.6 Å². The van der Waals surface area contributed by atoms with E-state index in [-0.39, 0.29) is 24.0 Å². The lowest BCUT2D eigenvalue weighted by atomic mass is 10.0. The van der Waals surface area contributed by atoms with Crippen LogP contribution in [0.5, 0.6) is 0 Å². The zero-order valence-electron chi connectivity index (χ0n) is 14.9. The summed E-state index contributed by atoms with van der Waals surface area (Å²) >= 11 is 3.51. The van der Waals surface area contributed by atoms with Gasteiger partial charge in [-0.2, -0.15) is 4.57 Å². The van der Waals surface area contributed by atoms with Crippen LogP contribution in [0.15, 0.2) is 65.1 Å². The molecule has 0 saturated heterocycles. The van der Waals surface area contributed by atoms with Crippen LogP contribution in [-0.2, 0) is 7.05 Å². The van der Waals surface area contributed by atoms with Gasteiger partial charge in [-0.05, 0) is 47.5 Å². The largest absolute Gasteiger partial charge is 1.00 e. The molecule has 0 unspecified atom stereocenters. The number of rotatable bonds is 3. The molecule has 0 fully saturated rings. The predicted molar refractivity (Wildman–Crippen MR) is 105 cm³/mol. The maximum Gasteiger partial charge on any atom is 0.213 e. The molecule has 0 N–H and O–H groups in total. The number of aryl methyl sites for hydroxylation is 1. The molecule has 2 aromatic carbocycles. The number of halogens is 2. The van der Waals surface area contributed by atoms with Gasteiger partial charge in [0.25, 0.3) is 0 Å². The molecule has 0 aliphatic rings. The van der Waals surface area contributed by atoms with Gasteiger partial charge >= 0.3 is 0 Å². The van der Waals surface area contributed by atoms with Crippen LogP contribution in [0, 0.1) is 6.92 Å². The SMILES string of the molecule is Cc1cc(-c2ccc(N(C)C)cc2)cc(-c2ccc(Br)cc2)[n+]1C.[I-]. The Morgan fingerprint density at radius 2 is 1.36 bits per heavy atom. The van der Waals surface area contributed by atoms with Crippen LogP contribution in [0.4, 0.5) is 5.69 Å². The van der Waals surface area contributed by atoms with E-state index >= 15 is 0 Å². The summed E-state index contributed by atoms with van der Waals surface area (Å²) < 4.78 is 3.34. The van der Waals surface area contributed by atoms with E-state index in [1.165, 1.54) is 33.8 Å². The van der Waals surface area contributed by atoms with Crippen molar-refractivity contribution in [2.45, 2.75) is 6.92 Å². The molecule has 0 spiro atoms. The summed E-state index contributed by atoms with van der Waals surface area (Å²) in [6.07, 6.45) is 0. The minimum Gasteiger partial charge on any atom is -1.00 e. The van der Waals surface area contributed by atoms with Crippen molar-refractivity contribution < 1.29 is 28.5 Å². The van der Waals surface area contributed by atoms with E-state index in [0.717, 1.165) is 4.47 Å². The van der Waals surface area contributed by atoms with Gasteiger partial charge in [-0.25, -0.2) is 0 Å². The van der Waals surface area contributed by atoms with E-state index in [9.17, 15) is 0 Å². The molecule has 3 aromatic rings. The van der Waals surface area contributed by atoms with Gasteiger partial charge in [0.2, 0.25) is 5.69 Å². The van der Waals surface area contributed by atoms with Crippen molar-refractivity contribution in [2.75, 3.05) is 19.0 Å². The molecular weight excluding hydrogens is 487 g/mol. The van der Waals surface area contributed by atoms with Gasteiger partial charge in [-0.15, -0.1) is 0 Å². The highest BCUT2D eigenvalue weighted by Gasteiger charge is 2.15. The van der Waals surface area contributed by atoms with Crippen LogP contribution in [0.3, 0.4) is 0 Å². The van der Waals surface area contributed by atoms with E-state index in [4.69, 9.17) is 0 Å². The molecule has 0 aliphatic carbocycles. The van der Waals surface area contributed by atoms with Gasteiger partial charge in [0.15, 0.2) is 5.69 Å². The smallest absolute Gasteiger partial charge is 0.213 e. The Morgan fingerprint density at radius 1 is 0.800 bits per heavy atom. The van der Waals surface area contributed by atoms with Crippen LogP contribution in [-0.4, -0.2) is 14.1 Å². The van der Waals surface area contributed by atoms with E-state index in [2.05, 4.69) is 114 Å². The molecule has 4 heteroatoms. The number of nitrogens with zero attached hydrogens (tertiary/aromatic N) is 2. The zero-order valence-corrected chi connectivity index (χ0v) is 18.7. The summed E-state index contributed by atoms with van der Waals surface area (Å²) in [6.45, 7) is 2.15. The molecule has 1 heterocycles. The highest BCUT2D eigenvalue weighted by Crippen LogP contribution is 2.27. The van der Waals surface area contributed by atoms with E-state index < -0.39 is 0 Å². The number of anilines is 1. The zero-order chi connectivity index (χ0) is 17.3. The molecule has 0 aliphatic heterocycles. The number of pyridine rings is 1. The maximum absolute atomic E-state index is 3.51. The van der Waals surface area contributed by atoms with Crippen molar-refractivity contribution in [1.82, 2.24) is 0 Å². The summed E-state index contributed by atoms with van der Waals surface area (Å²) in [6, 6.07) is 21.7. The van der Waals surface area contributed by atoms with Gasteiger partial charge in [0.1, 0.15) is 7.05 Å². The summed E-state index contributed by atoms with van der Waals surface area (Å²) in [5.41, 5.74) is 7.37. The third-order valence-corrected chi connectivity index (χ3v) is 4.93. The lowest BCUT2D eigenvalue weighted by molar-refractivity contribution is -0.666. The van der Waals surface area contributed by atoms with Crippen molar-refractivity contribution in [3.05, 3.63) is 70.8 Å². The Hall–Kier alpha value is -1.40. The van der Waals surface area contributed by atoms with Crippen molar-refractivity contribution in [3.63, 3.8) is 0 Å². The first-order chi connectivity index (χ1) is 11.5. The summed E-state index contributed by atoms with van der Waals surface area (Å²) in [5.74, 6) is 0. The van der Waals surface area contributed by atoms with Crippen LogP contribution in [0.2, 0.25) is 0 Å². The molecule has 3 rings (SSSR count). The van der Waals surface area contributed by atoms with Crippen LogP contribution < -0.4 is 33.4 Å². The fourth-order valence-electron chi connectivity index (χ4n) is 2.81. The Labute approximate surface area is 175 Å². The molecule has 0 amide bonds. The van der Waals surface area contributed by atoms with Crippen LogP contribution in [0.25, 0.3) is 22.4 Å². The molecule has 0 bridgehead atoms. The van der Waals surface area contributed by atoms with Crippen molar-refractivity contribution in [2.24, 2.45) is 7.05 Å². The first kappa shape index (κ1) is 19.9. The third-order valence-electron chi connectivity index (χ3n) is 4.40.